The van der Waals surface area contributed by atoms with Crippen LogP contribution in [0.1, 0.15) is 19.3 Å². The van der Waals surface area contributed by atoms with Crippen LogP contribution in [0, 0.1) is 0 Å². The van der Waals surface area contributed by atoms with Crippen LogP contribution in [0.4, 0.5) is 0 Å². The molecule has 0 atom stereocenters. The van der Waals surface area contributed by atoms with E-state index in [0.29, 0.717) is 18.0 Å². The molecule has 3 aromatic rings. The van der Waals surface area contributed by atoms with Crippen LogP contribution in [0.15, 0.2) is 59.8 Å². The molecule has 1 aliphatic heterocycles. The van der Waals surface area contributed by atoms with Crippen LogP contribution in [-0.4, -0.2) is 35.2 Å². The summed E-state index contributed by atoms with van der Waals surface area (Å²) in [6, 6.07) is 12.9. The number of hydrogen-bond acceptors (Lipinski definition) is 3. The van der Waals surface area contributed by atoms with Crippen LogP contribution in [0.5, 0.6) is 0 Å². The third-order valence-electron chi connectivity index (χ3n) is 4.47. The van der Waals surface area contributed by atoms with Crippen molar-refractivity contribution in [2.24, 2.45) is 0 Å². The van der Waals surface area contributed by atoms with E-state index < -0.39 is 10.0 Å². The lowest BCUT2D eigenvalue weighted by atomic mass is 10.2. The summed E-state index contributed by atoms with van der Waals surface area (Å²) in [5.41, 5.74) is 2.62. The molecule has 24 heavy (non-hydrogen) atoms. The molecule has 1 aromatic carbocycles. The summed E-state index contributed by atoms with van der Waals surface area (Å²) in [4.78, 5) is 4.93. The van der Waals surface area contributed by atoms with Gasteiger partial charge in [-0.2, -0.15) is 4.31 Å². The number of pyridine rings is 1. The molecule has 3 heterocycles. The van der Waals surface area contributed by atoms with E-state index in [1.54, 1.807) is 16.4 Å². The summed E-state index contributed by atoms with van der Waals surface area (Å²) >= 11 is 0. The standard InChI is InChI=1S/C18H19N3O2S/c22-24(23,21-12-3-1-4-13-21)16-9-7-15(8-10-16)17-14-20-11-5-2-6-18(20)19-17/h2,5-11,14H,1,3-4,12-13H2. The molecule has 124 valence electrons. The largest absolute Gasteiger partial charge is 0.306 e. The van der Waals surface area contributed by atoms with Crippen molar-refractivity contribution >= 4 is 15.7 Å². The lowest BCUT2D eigenvalue weighted by Crippen LogP contribution is -2.35. The second-order valence-electron chi connectivity index (χ2n) is 6.08. The first-order valence-corrected chi connectivity index (χ1v) is 9.63. The number of piperidine rings is 1. The molecule has 1 aliphatic rings. The zero-order valence-corrected chi connectivity index (χ0v) is 14.1. The van der Waals surface area contributed by atoms with Crippen LogP contribution in [-0.2, 0) is 10.0 Å². The van der Waals surface area contributed by atoms with Gasteiger partial charge in [0, 0.05) is 31.0 Å². The fourth-order valence-electron chi connectivity index (χ4n) is 3.13. The summed E-state index contributed by atoms with van der Waals surface area (Å²) in [6.45, 7) is 1.24. The van der Waals surface area contributed by atoms with Crippen LogP contribution in [0.3, 0.4) is 0 Å². The zero-order chi connectivity index (χ0) is 16.6. The summed E-state index contributed by atoms with van der Waals surface area (Å²) in [7, 11) is -3.38. The molecule has 2 aromatic heterocycles. The van der Waals surface area contributed by atoms with E-state index in [2.05, 4.69) is 4.98 Å². The Balaban J connectivity index is 1.64. The molecule has 0 radical (unpaired) electrons. The van der Waals surface area contributed by atoms with Gasteiger partial charge in [-0.1, -0.05) is 24.6 Å². The molecule has 5 nitrogen and oxygen atoms in total. The molecular formula is C18H19N3O2S. The summed E-state index contributed by atoms with van der Waals surface area (Å²) < 4.78 is 28.9. The number of sulfonamides is 1. The number of nitrogens with zero attached hydrogens (tertiary/aromatic N) is 3. The fraction of sp³-hybridized carbons (Fsp3) is 0.278. The fourth-order valence-corrected chi connectivity index (χ4v) is 4.64. The lowest BCUT2D eigenvalue weighted by molar-refractivity contribution is 0.346. The molecule has 4 rings (SSSR count). The molecule has 0 saturated carbocycles. The molecule has 0 N–H and O–H groups in total. The van der Waals surface area contributed by atoms with Gasteiger partial charge < -0.3 is 4.40 Å². The lowest BCUT2D eigenvalue weighted by Gasteiger charge is -2.25. The van der Waals surface area contributed by atoms with Gasteiger partial charge in [0.05, 0.1) is 10.6 Å². The predicted molar refractivity (Wildman–Crippen MR) is 93.2 cm³/mol. The Kier molecular flexibility index (Phi) is 3.86. The predicted octanol–water partition coefficient (Wildman–Crippen LogP) is 3.18. The first-order chi connectivity index (χ1) is 11.6. The SMILES string of the molecule is O=S(=O)(c1ccc(-c2cn3ccccc3n2)cc1)N1CCCCC1. The van der Waals surface area contributed by atoms with Gasteiger partial charge in [0.15, 0.2) is 0 Å². The second kappa shape index (κ2) is 6.03. The molecule has 0 aliphatic carbocycles. The van der Waals surface area contributed by atoms with E-state index in [0.717, 1.165) is 36.2 Å². The molecule has 0 unspecified atom stereocenters. The number of hydrogen-bond donors (Lipinski definition) is 0. The highest BCUT2D eigenvalue weighted by atomic mass is 32.2. The van der Waals surface area contributed by atoms with E-state index in [-0.39, 0.29) is 0 Å². The molecule has 0 spiro atoms. The van der Waals surface area contributed by atoms with Gasteiger partial charge in [0.25, 0.3) is 0 Å². The first kappa shape index (κ1) is 15.4. The van der Waals surface area contributed by atoms with Gasteiger partial charge in [-0.25, -0.2) is 13.4 Å². The quantitative estimate of drug-likeness (QED) is 0.735. The van der Waals surface area contributed by atoms with Crippen molar-refractivity contribution in [3.05, 3.63) is 54.9 Å². The number of rotatable bonds is 3. The maximum Gasteiger partial charge on any atom is 0.243 e. The number of aromatic nitrogens is 2. The van der Waals surface area contributed by atoms with Gasteiger partial charge in [0.2, 0.25) is 10.0 Å². The third kappa shape index (κ3) is 2.72. The van der Waals surface area contributed by atoms with Gasteiger partial charge in [-0.05, 0) is 37.1 Å². The average Bonchev–Trinajstić information content (AvgIpc) is 3.07. The highest BCUT2D eigenvalue weighted by Crippen LogP contribution is 2.24. The monoisotopic (exact) mass is 341 g/mol. The van der Waals surface area contributed by atoms with Crippen molar-refractivity contribution in [2.75, 3.05) is 13.1 Å². The van der Waals surface area contributed by atoms with Crippen molar-refractivity contribution in [3.63, 3.8) is 0 Å². The Hall–Kier alpha value is -2.18. The van der Waals surface area contributed by atoms with Gasteiger partial charge in [-0.15, -0.1) is 0 Å². The van der Waals surface area contributed by atoms with Gasteiger partial charge >= 0.3 is 0 Å². The van der Waals surface area contributed by atoms with Crippen LogP contribution in [0.25, 0.3) is 16.9 Å². The van der Waals surface area contributed by atoms with Crippen molar-refractivity contribution in [3.8, 4) is 11.3 Å². The molecular weight excluding hydrogens is 322 g/mol. The summed E-state index contributed by atoms with van der Waals surface area (Å²) in [6.07, 6.45) is 6.89. The Bertz CT molecular complexity index is 922. The molecule has 6 heteroatoms. The van der Waals surface area contributed by atoms with E-state index >= 15 is 0 Å². The first-order valence-electron chi connectivity index (χ1n) is 8.19. The molecule has 1 fully saturated rings. The highest BCUT2D eigenvalue weighted by Gasteiger charge is 2.25. The minimum Gasteiger partial charge on any atom is -0.306 e. The molecule has 1 saturated heterocycles. The van der Waals surface area contributed by atoms with Crippen LogP contribution >= 0.6 is 0 Å². The van der Waals surface area contributed by atoms with Crippen molar-refractivity contribution in [1.29, 1.82) is 0 Å². The second-order valence-corrected chi connectivity index (χ2v) is 8.02. The number of fused-ring (bicyclic) bond motifs is 1. The summed E-state index contributed by atoms with van der Waals surface area (Å²) in [5, 5.41) is 0. The third-order valence-corrected chi connectivity index (χ3v) is 6.38. The van der Waals surface area contributed by atoms with E-state index in [4.69, 9.17) is 0 Å². The minimum absolute atomic E-state index is 0.358. The normalized spacial score (nSPS) is 16.5. The maximum atomic E-state index is 12.7. The number of imidazole rings is 1. The van der Waals surface area contributed by atoms with Crippen molar-refractivity contribution in [1.82, 2.24) is 13.7 Å². The van der Waals surface area contributed by atoms with E-state index in [1.165, 1.54) is 0 Å². The Morgan fingerprint density at radius 2 is 1.67 bits per heavy atom. The number of benzene rings is 1. The van der Waals surface area contributed by atoms with Gasteiger partial charge in [-0.3, -0.25) is 0 Å². The summed E-state index contributed by atoms with van der Waals surface area (Å²) in [5.74, 6) is 0. The van der Waals surface area contributed by atoms with Crippen LogP contribution in [0.2, 0.25) is 0 Å². The smallest absolute Gasteiger partial charge is 0.243 e. The van der Waals surface area contributed by atoms with Gasteiger partial charge in [0.1, 0.15) is 5.65 Å². The zero-order valence-electron chi connectivity index (χ0n) is 13.3. The Morgan fingerprint density at radius 1 is 0.917 bits per heavy atom. The van der Waals surface area contributed by atoms with E-state index in [1.807, 2.05) is 47.1 Å². The van der Waals surface area contributed by atoms with Crippen molar-refractivity contribution in [2.45, 2.75) is 24.2 Å². The van der Waals surface area contributed by atoms with Crippen molar-refractivity contribution < 1.29 is 8.42 Å². The maximum absolute atomic E-state index is 12.7. The molecule has 0 amide bonds. The Labute approximate surface area is 141 Å². The van der Waals surface area contributed by atoms with E-state index in [9.17, 15) is 8.42 Å². The minimum atomic E-state index is -3.38. The average molecular weight is 341 g/mol. The molecule has 0 bridgehead atoms. The Morgan fingerprint density at radius 3 is 2.38 bits per heavy atom. The van der Waals surface area contributed by atoms with Crippen LogP contribution < -0.4 is 0 Å². The highest BCUT2D eigenvalue weighted by molar-refractivity contribution is 7.89. The topological polar surface area (TPSA) is 54.7 Å².